The average molecular weight is 863 g/mol. The van der Waals surface area contributed by atoms with Gasteiger partial charge >= 0.3 is 11.9 Å². The van der Waals surface area contributed by atoms with Crippen LogP contribution in [0.3, 0.4) is 0 Å². The molecule has 4 heterocycles. The Kier molecular flexibility index (Phi) is 12.9. The van der Waals surface area contributed by atoms with Crippen LogP contribution in [-0.2, 0) is 33.2 Å². The lowest BCUT2D eigenvalue weighted by Gasteiger charge is -2.35. The molecule has 2 aromatic heterocycles. The first kappa shape index (κ1) is 34.8. The average Bonchev–Trinajstić information content (AvgIpc) is 3.80. The van der Waals surface area contributed by atoms with Crippen LogP contribution in [-0.4, -0.2) is 76.0 Å². The molecule has 0 unspecified atom stereocenters. The van der Waals surface area contributed by atoms with Gasteiger partial charge in [0.25, 0.3) is 0 Å². The van der Waals surface area contributed by atoms with Crippen LogP contribution in [0.1, 0.15) is 70.7 Å². The number of thiophene rings is 2. The summed E-state index contributed by atoms with van der Waals surface area (Å²) in [5.74, 6) is -1.01. The van der Waals surface area contributed by atoms with Crippen molar-refractivity contribution in [3.8, 4) is 0 Å². The van der Waals surface area contributed by atoms with Crippen LogP contribution in [0.4, 0.5) is 11.4 Å². The minimum absolute atomic E-state index is 0.278. The van der Waals surface area contributed by atoms with Gasteiger partial charge in [-0.3, -0.25) is 4.79 Å². The van der Waals surface area contributed by atoms with Crippen LogP contribution >= 0.6 is 67.9 Å². The highest BCUT2D eigenvalue weighted by Gasteiger charge is 2.41. The molecule has 0 amide bonds. The molecule has 238 valence electrons. The van der Waals surface area contributed by atoms with Gasteiger partial charge in [0.05, 0.1) is 57.8 Å². The summed E-state index contributed by atoms with van der Waals surface area (Å²) in [7, 11) is 2.76. The number of halogens is 2. The number of nitrogens with one attached hydrogen (secondary N) is 1. The van der Waals surface area contributed by atoms with Crippen molar-refractivity contribution in [3.05, 3.63) is 27.7 Å². The number of esters is 2. The summed E-state index contributed by atoms with van der Waals surface area (Å²) in [5, 5.41) is 3.49. The summed E-state index contributed by atoms with van der Waals surface area (Å²) >= 11 is 7.12. The molecule has 0 aromatic carbocycles. The number of ether oxygens (including phenoxy) is 6. The molecular formula is C28H36I2N2O9S2. The Morgan fingerprint density at radius 2 is 1.30 bits per heavy atom. The van der Waals surface area contributed by atoms with Crippen molar-refractivity contribution in [1.82, 2.24) is 0 Å². The zero-order valence-electron chi connectivity index (χ0n) is 24.0. The quantitative estimate of drug-likeness (QED) is 0.283. The summed E-state index contributed by atoms with van der Waals surface area (Å²) in [6, 6.07) is 4.10. The highest BCUT2D eigenvalue weighted by molar-refractivity contribution is 14.1. The number of ketones is 1. The van der Waals surface area contributed by atoms with E-state index in [0.717, 1.165) is 50.0 Å². The van der Waals surface area contributed by atoms with Crippen LogP contribution in [0.25, 0.3) is 0 Å². The molecule has 2 aliphatic heterocycles. The molecule has 4 fully saturated rings. The van der Waals surface area contributed by atoms with Gasteiger partial charge in [-0.25, -0.2) is 9.59 Å². The van der Waals surface area contributed by atoms with Crippen molar-refractivity contribution in [2.45, 2.75) is 69.0 Å². The second kappa shape index (κ2) is 16.0. The highest BCUT2D eigenvalue weighted by atomic mass is 127. The lowest BCUT2D eigenvalue weighted by atomic mass is 9.90. The number of methoxy groups -OCH3 is 2. The van der Waals surface area contributed by atoms with Gasteiger partial charge in [0.1, 0.15) is 15.5 Å². The number of nitrogens with two attached hydrogens (primary N) is 1. The third kappa shape index (κ3) is 9.46. The van der Waals surface area contributed by atoms with Crippen LogP contribution in [0.2, 0.25) is 0 Å². The number of rotatable bonds is 4. The largest absolute Gasteiger partial charge is 0.465 e. The standard InChI is InChI=1S/C14H18INO4S.C8H12O3.C6H6INO2S/c1-18-13(17)12-10(8-11(15)21-12)16-9-2-4-14(5-3-9)19-6-7-20-14;9-7-1-3-8(4-2-7)10-5-6-11-8;1-10-6(9)5-3(8)2-4(7)11-5/h8-9,16H,2-7H2,1H3;1-6H2;2H,8H2,1H3. The molecule has 11 nitrogen and oxygen atoms in total. The van der Waals surface area contributed by atoms with Crippen LogP contribution in [0, 0.1) is 5.77 Å². The first-order valence-electron chi connectivity index (χ1n) is 13.9. The molecule has 4 aliphatic rings. The Labute approximate surface area is 286 Å². The van der Waals surface area contributed by atoms with Crippen LogP contribution < -0.4 is 11.1 Å². The van der Waals surface area contributed by atoms with Crippen LogP contribution in [0.5, 0.6) is 0 Å². The third-order valence-electron chi connectivity index (χ3n) is 7.48. The maximum atomic E-state index is 11.8. The lowest BCUT2D eigenvalue weighted by molar-refractivity contribution is -0.179. The summed E-state index contributed by atoms with van der Waals surface area (Å²) in [4.78, 5) is 34.8. The number of nitrogen functional groups attached to an aromatic ring is 1. The number of hydrogen-bond donors (Lipinski definition) is 2. The minimum atomic E-state index is -0.367. The number of carbonyl (C=O) groups is 3. The number of hydrogen-bond acceptors (Lipinski definition) is 13. The van der Waals surface area contributed by atoms with E-state index in [1.165, 1.54) is 36.9 Å². The molecule has 0 atom stereocenters. The van der Waals surface area contributed by atoms with E-state index in [2.05, 4.69) is 55.2 Å². The van der Waals surface area contributed by atoms with E-state index in [4.69, 9.17) is 29.4 Å². The van der Waals surface area contributed by atoms with Gasteiger partial charge in [0, 0.05) is 44.6 Å². The molecule has 2 aliphatic carbocycles. The maximum Gasteiger partial charge on any atom is 0.350 e. The molecule has 6 rings (SSSR count). The van der Waals surface area contributed by atoms with Gasteiger partial charge in [-0.15, -0.1) is 22.7 Å². The minimum Gasteiger partial charge on any atom is -0.465 e. The fourth-order valence-corrected chi connectivity index (χ4v) is 8.70. The molecule has 2 aromatic rings. The van der Waals surface area contributed by atoms with E-state index >= 15 is 0 Å². The monoisotopic (exact) mass is 862 g/mol. The molecule has 15 heteroatoms. The Morgan fingerprint density at radius 3 is 1.79 bits per heavy atom. The SMILES string of the molecule is COC(=O)c1sc(I)cc1N.COC(=O)c1sc(I)cc1NC1CCC2(CC1)OCCO2.O=C1CCC2(CC1)OCCO2. The summed E-state index contributed by atoms with van der Waals surface area (Å²) < 4.78 is 33.8. The van der Waals surface area contributed by atoms with E-state index in [-0.39, 0.29) is 23.5 Å². The Hall–Kier alpha value is -1.09. The van der Waals surface area contributed by atoms with Gasteiger partial charge in [-0.2, -0.15) is 0 Å². The smallest absolute Gasteiger partial charge is 0.350 e. The Morgan fingerprint density at radius 1 is 0.837 bits per heavy atom. The van der Waals surface area contributed by atoms with E-state index < -0.39 is 0 Å². The third-order valence-corrected chi connectivity index (χ3v) is 11.2. The van der Waals surface area contributed by atoms with Gasteiger partial charge < -0.3 is 39.5 Å². The van der Waals surface area contributed by atoms with Crippen LogP contribution in [0.15, 0.2) is 12.1 Å². The van der Waals surface area contributed by atoms with Gasteiger partial charge in [-0.1, -0.05) is 0 Å². The highest BCUT2D eigenvalue weighted by Crippen LogP contribution is 2.38. The van der Waals surface area contributed by atoms with Gasteiger partial charge in [-0.05, 0) is 70.2 Å². The summed E-state index contributed by atoms with van der Waals surface area (Å²) in [6.45, 7) is 2.78. The predicted molar refractivity (Wildman–Crippen MR) is 180 cm³/mol. The van der Waals surface area contributed by atoms with Crippen molar-refractivity contribution < 1.29 is 42.8 Å². The molecule has 2 spiro atoms. The van der Waals surface area contributed by atoms with Crippen molar-refractivity contribution in [1.29, 1.82) is 0 Å². The Balaban J connectivity index is 0.000000162. The van der Waals surface area contributed by atoms with Gasteiger partial charge in [0.2, 0.25) is 0 Å². The van der Waals surface area contributed by atoms with Gasteiger partial charge in [0.15, 0.2) is 11.6 Å². The second-order valence-electron chi connectivity index (χ2n) is 10.3. The number of Topliss-reactive ketones (excluding diaryl/α,β-unsaturated/α-hetero) is 1. The molecule has 2 saturated heterocycles. The van der Waals surface area contributed by atoms with Crippen molar-refractivity contribution in [3.63, 3.8) is 0 Å². The van der Waals surface area contributed by atoms with E-state index in [1.807, 2.05) is 6.07 Å². The molecule has 43 heavy (non-hydrogen) atoms. The predicted octanol–water partition coefficient (Wildman–Crippen LogP) is 5.83. The maximum absolute atomic E-state index is 11.8. The molecule has 0 radical (unpaired) electrons. The van der Waals surface area contributed by atoms with Crippen molar-refractivity contribution in [2.24, 2.45) is 0 Å². The second-order valence-corrected chi connectivity index (χ2v) is 16.2. The number of anilines is 2. The zero-order valence-corrected chi connectivity index (χ0v) is 30.0. The molecule has 2 saturated carbocycles. The van der Waals surface area contributed by atoms with Crippen molar-refractivity contribution >= 4 is 97.0 Å². The fraction of sp³-hybridized carbons (Fsp3) is 0.607. The summed E-state index contributed by atoms with van der Waals surface area (Å²) in [6.07, 6.45) is 6.52. The van der Waals surface area contributed by atoms with Crippen molar-refractivity contribution in [2.75, 3.05) is 51.7 Å². The fourth-order valence-electron chi connectivity index (χ4n) is 5.24. The Bertz CT molecular complexity index is 1250. The summed E-state index contributed by atoms with van der Waals surface area (Å²) in [5.41, 5.74) is 6.89. The molecule has 3 N–H and O–H groups in total. The lowest BCUT2D eigenvalue weighted by Crippen LogP contribution is -2.39. The molecule has 0 bridgehead atoms. The normalized spacial score (nSPS) is 20.6. The van der Waals surface area contributed by atoms with E-state index in [1.54, 1.807) is 6.07 Å². The molecular weight excluding hydrogens is 826 g/mol. The topological polar surface area (TPSA) is 145 Å². The van der Waals surface area contributed by atoms with E-state index in [0.29, 0.717) is 66.5 Å². The zero-order chi connectivity index (χ0) is 31.0. The first-order chi connectivity index (χ1) is 20.6. The first-order valence-corrected chi connectivity index (χ1v) is 17.7. The van der Waals surface area contributed by atoms with E-state index in [9.17, 15) is 14.4 Å². The number of carbonyl (C=O) groups excluding carboxylic acids is 3.